The Morgan fingerprint density at radius 2 is 1.90 bits per heavy atom. The molecule has 0 aliphatic heterocycles. The van der Waals surface area contributed by atoms with Crippen molar-refractivity contribution in [1.29, 1.82) is 0 Å². The van der Waals surface area contributed by atoms with Gasteiger partial charge in [0.2, 0.25) is 0 Å². The van der Waals surface area contributed by atoms with Crippen LogP contribution in [0.2, 0.25) is 0 Å². The molecule has 3 heterocycles. The highest BCUT2D eigenvalue weighted by molar-refractivity contribution is 7.91. The molecule has 0 amide bonds. The lowest BCUT2D eigenvalue weighted by Gasteiger charge is -2.11. The van der Waals surface area contributed by atoms with Crippen LogP contribution in [-0.2, 0) is 23.1 Å². The largest absolute Gasteiger partial charge is 0.417 e. The molecule has 0 aromatic carbocycles. The number of alkyl halides is 3. The van der Waals surface area contributed by atoms with E-state index in [4.69, 9.17) is 0 Å². The van der Waals surface area contributed by atoms with Crippen molar-refractivity contribution in [2.45, 2.75) is 24.9 Å². The molecule has 0 N–H and O–H groups in total. The Labute approximate surface area is 177 Å². The minimum Gasteiger partial charge on any atom is -0.310 e. The van der Waals surface area contributed by atoms with Crippen LogP contribution in [0.5, 0.6) is 0 Å². The minimum atomic E-state index is -4.57. The number of imidazole rings is 1. The van der Waals surface area contributed by atoms with Gasteiger partial charge in [-0.3, -0.25) is 4.98 Å². The summed E-state index contributed by atoms with van der Waals surface area (Å²) >= 11 is 0. The molecule has 0 saturated carbocycles. The van der Waals surface area contributed by atoms with Crippen LogP contribution in [0.1, 0.15) is 25.0 Å². The summed E-state index contributed by atoms with van der Waals surface area (Å²) in [6, 6.07) is 2.31. The molecule has 0 aliphatic carbocycles. The van der Waals surface area contributed by atoms with Gasteiger partial charge < -0.3 is 9.58 Å². The molecule has 0 spiro atoms. The fourth-order valence-electron chi connectivity index (χ4n) is 2.78. The standard InChI is InChI=1S/C19H21F3N6O2S/c1-5-27(3)25-10-12-7-15(31(29,30)6-2)16(23-9-12)18-26-14-8-13(19(20,21)22)11-24-17(14)28(18)4/h7-11H,5-6H2,1-4H3/b25-10+. The van der Waals surface area contributed by atoms with Gasteiger partial charge in [0.05, 0.1) is 22.4 Å². The first kappa shape index (κ1) is 22.7. The van der Waals surface area contributed by atoms with Gasteiger partial charge in [0.1, 0.15) is 11.2 Å². The molecule has 0 saturated heterocycles. The van der Waals surface area contributed by atoms with E-state index in [0.29, 0.717) is 18.3 Å². The average Bonchev–Trinajstić information content (AvgIpc) is 3.07. The average molecular weight is 454 g/mol. The summed E-state index contributed by atoms with van der Waals surface area (Å²) in [5, 5.41) is 5.85. The van der Waals surface area contributed by atoms with Gasteiger partial charge in [0, 0.05) is 38.6 Å². The van der Waals surface area contributed by atoms with E-state index in [-0.39, 0.29) is 33.3 Å². The number of halogens is 3. The van der Waals surface area contributed by atoms with Crippen molar-refractivity contribution in [1.82, 2.24) is 24.5 Å². The van der Waals surface area contributed by atoms with E-state index >= 15 is 0 Å². The van der Waals surface area contributed by atoms with Crippen molar-refractivity contribution in [3.8, 4) is 11.5 Å². The lowest BCUT2D eigenvalue weighted by atomic mass is 10.2. The minimum absolute atomic E-state index is 0.0100. The van der Waals surface area contributed by atoms with E-state index < -0.39 is 21.6 Å². The zero-order chi connectivity index (χ0) is 23.0. The molecule has 0 atom stereocenters. The Kier molecular flexibility index (Phi) is 6.03. The highest BCUT2D eigenvalue weighted by atomic mass is 32.2. The van der Waals surface area contributed by atoms with E-state index in [2.05, 4.69) is 20.1 Å². The summed E-state index contributed by atoms with van der Waals surface area (Å²) in [6.45, 7) is 4.07. The summed E-state index contributed by atoms with van der Waals surface area (Å²) in [7, 11) is -0.411. The fraction of sp³-hybridized carbons (Fsp3) is 0.368. The first-order chi connectivity index (χ1) is 14.5. The number of fused-ring (bicyclic) bond motifs is 1. The van der Waals surface area contributed by atoms with Crippen LogP contribution >= 0.6 is 0 Å². The Balaban J connectivity index is 2.20. The molecule has 3 aromatic rings. The SMILES string of the molecule is CCN(C)/N=C/c1cnc(-c2nc3cc(C(F)(F)F)cnc3n2C)c(S(=O)(=O)CC)c1. The third-order valence-electron chi connectivity index (χ3n) is 4.70. The third kappa shape index (κ3) is 4.53. The van der Waals surface area contributed by atoms with Gasteiger partial charge in [0.15, 0.2) is 21.3 Å². The molecule has 0 radical (unpaired) electrons. The van der Waals surface area contributed by atoms with Crippen LogP contribution in [0.25, 0.3) is 22.7 Å². The number of sulfone groups is 1. The second kappa shape index (κ2) is 8.25. The molecule has 0 unspecified atom stereocenters. The zero-order valence-electron chi connectivity index (χ0n) is 17.3. The van der Waals surface area contributed by atoms with Crippen LogP contribution in [0, 0.1) is 0 Å². The summed E-state index contributed by atoms with van der Waals surface area (Å²) < 4.78 is 66.0. The molecule has 0 bridgehead atoms. The van der Waals surface area contributed by atoms with Crippen molar-refractivity contribution < 1.29 is 21.6 Å². The summed E-state index contributed by atoms with van der Waals surface area (Å²) in [6.07, 6.45) is -0.929. The van der Waals surface area contributed by atoms with Crippen molar-refractivity contribution >= 4 is 27.2 Å². The molecular formula is C19H21F3N6O2S. The quantitative estimate of drug-likeness (QED) is 0.420. The molecule has 12 heteroatoms. The van der Waals surface area contributed by atoms with E-state index in [1.165, 1.54) is 30.0 Å². The Bertz CT molecular complexity index is 1250. The van der Waals surface area contributed by atoms with Gasteiger partial charge in [-0.1, -0.05) is 6.92 Å². The number of hydrazone groups is 1. The summed E-state index contributed by atoms with van der Waals surface area (Å²) in [5.41, 5.74) is -0.265. The normalized spacial score (nSPS) is 12.7. The first-order valence-electron chi connectivity index (χ1n) is 9.35. The maximum absolute atomic E-state index is 13.0. The maximum atomic E-state index is 13.0. The van der Waals surface area contributed by atoms with Crippen LogP contribution < -0.4 is 0 Å². The molecule has 0 fully saturated rings. The Morgan fingerprint density at radius 1 is 1.19 bits per heavy atom. The number of hydrogen-bond acceptors (Lipinski definition) is 7. The predicted octanol–water partition coefficient (Wildman–Crippen LogP) is 3.13. The molecule has 166 valence electrons. The van der Waals surface area contributed by atoms with E-state index in [1.807, 2.05) is 6.92 Å². The number of pyridine rings is 2. The van der Waals surface area contributed by atoms with Crippen LogP contribution in [0.4, 0.5) is 13.2 Å². The first-order valence-corrected chi connectivity index (χ1v) is 11.0. The lowest BCUT2D eigenvalue weighted by molar-refractivity contribution is -0.137. The van der Waals surface area contributed by atoms with Crippen molar-refractivity contribution in [2.24, 2.45) is 12.1 Å². The summed E-state index contributed by atoms with van der Waals surface area (Å²) in [4.78, 5) is 12.3. The fourth-order valence-corrected chi connectivity index (χ4v) is 3.85. The van der Waals surface area contributed by atoms with Crippen LogP contribution in [0.3, 0.4) is 0 Å². The molecular weight excluding hydrogens is 433 g/mol. The second-order valence-corrected chi connectivity index (χ2v) is 9.04. The molecule has 3 rings (SSSR count). The van der Waals surface area contributed by atoms with Crippen molar-refractivity contribution in [3.63, 3.8) is 0 Å². The molecule has 8 nitrogen and oxygen atoms in total. The molecule has 3 aromatic heterocycles. The number of aromatic nitrogens is 4. The number of aryl methyl sites for hydroxylation is 1. The second-order valence-electron chi connectivity index (χ2n) is 6.80. The Morgan fingerprint density at radius 3 is 2.52 bits per heavy atom. The summed E-state index contributed by atoms with van der Waals surface area (Å²) in [5.74, 6) is -0.0830. The van der Waals surface area contributed by atoms with Crippen LogP contribution in [-0.4, -0.2) is 58.5 Å². The van der Waals surface area contributed by atoms with Crippen molar-refractivity contribution in [3.05, 3.63) is 35.7 Å². The third-order valence-corrected chi connectivity index (χ3v) is 6.44. The number of hydrogen-bond donors (Lipinski definition) is 0. The van der Waals surface area contributed by atoms with E-state index in [9.17, 15) is 21.6 Å². The molecule has 0 aliphatic rings. The lowest BCUT2D eigenvalue weighted by Crippen LogP contribution is -2.11. The van der Waals surface area contributed by atoms with Gasteiger partial charge in [-0.2, -0.15) is 18.3 Å². The van der Waals surface area contributed by atoms with E-state index in [0.717, 1.165) is 6.07 Å². The smallest absolute Gasteiger partial charge is 0.310 e. The van der Waals surface area contributed by atoms with E-state index in [1.54, 1.807) is 19.1 Å². The van der Waals surface area contributed by atoms with Gasteiger partial charge in [-0.05, 0) is 19.1 Å². The monoisotopic (exact) mass is 454 g/mol. The molecule has 31 heavy (non-hydrogen) atoms. The zero-order valence-corrected chi connectivity index (χ0v) is 18.2. The van der Waals surface area contributed by atoms with Gasteiger partial charge in [-0.25, -0.2) is 18.4 Å². The maximum Gasteiger partial charge on any atom is 0.417 e. The number of nitrogens with zero attached hydrogens (tertiary/aromatic N) is 6. The van der Waals surface area contributed by atoms with Gasteiger partial charge in [0.25, 0.3) is 0 Å². The topological polar surface area (TPSA) is 93.3 Å². The predicted molar refractivity (Wildman–Crippen MR) is 110 cm³/mol. The Hall–Kier alpha value is -3.02. The van der Waals surface area contributed by atoms with Gasteiger partial charge in [-0.15, -0.1) is 0 Å². The van der Waals surface area contributed by atoms with Crippen LogP contribution in [0.15, 0.2) is 34.5 Å². The van der Waals surface area contributed by atoms with Crippen molar-refractivity contribution in [2.75, 3.05) is 19.3 Å². The highest BCUT2D eigenvalue weighted by Crippen LogP contribution is 2.32. The van der Waals surface area contributed by atoms with Gasteiger partial charge >= 0.3 is 6.18 Å². The highest BCUT2D eigenvalue weighted by Gasteiger charge is 2.32. The number of rotatable bonds is 6.